The zero-order valence-corrected chi connectivity index (χ0v) is 18.1. The van der Waals surface area contributed by atoms with Gasteiger partial charge >= 0.3 is 5.97 Å². The first kappa shape index (κ1) is 22.1. The van der Waals surface area contributed by atoms with Crippen LogP contribution in [0.3, 0.4) is 0 Å². The molecule has 31 heavy (non-hydrogen) atoms. The van der Waals surface area contributed by atoms with Gasteiger partial charge in [-0.3, -0.25) is 14.4 Å². The standard InChI is InChI=1S/C23H34N2O6/c26-16-9-12-23(14-22(23)10-5-2-6-11-22)19(29)18(20(30)24-13-17(27)28)21(31)25(16)15-7-3-1-4-8-15/h15,21,29,31H,1-14H2,(H,24,30)(H,27,28)/b19-18+. The molecule has 0 radical (unpaired) electrons. The first-order chi connectivity index (χ1) is 14.8. The van der Waals surface area contributed by atoms with Crippen LogP contribution in [0.5, 0.6) is 0 Å². The predicted octanol–water partition coefficient (Wildman–Crippen LogP) is 2.61. The van der Waals surface area contributed by atoms with Gasteiger partial charge in [0.05, 0.1) is 0 Å². The van der Waals surface area contributed by atoms with E-state index < -0.39 is 30.1 Å². The van der Waals surface area contributed by atoms with Crippen molar-refractivity contribution in [2.75, 3.05) is 6.54 Å². The van der Waals surface area contributed by atoms with Crippen molar-refractivity contribution in [1.29, 1.82) is 0 Å². The van der Waals surface area contributed by atoms with Crippen molar-refractivity contribution in [3.05, 3.63) is 11.3 Å². The monoisotopic (exact) mass is 434 g/mol. The fourth-order valence-corrected chi connectivity index (χ4v) is 6.57. The molecule has 0 saturated heterocycles. The number of amides is 2. The van der Waals surface area contributed by atoms with Crippen LogP contribution < -0.4 is 5.32 Å². The molecule has 4 N–H and O–H groups in total. The van der Waals surface area contributed by atoms with Crippen LogP contribution in [0.2, 0.25) is 0 Å². The molecule has 4 rings (SSSR count). The lowest BCUT2D eigenvalue weighted by Gasteiger charge is -2.41. The summed E-state index contributed by atoms with van der Waals surface area (Å²) in [6.45, 7) is -0.613. The van der Waals surface area contributed by atoms with E-state index in [1.54, 1.807) is 0 Å². The Labute approximate surface area is 182 Å². The Bertz CT molecular complexity index is 781. The van der Waals surface area contributed by atoms with Gasteiger partial charge in [-0.15, -0.1) is 0 Å². The maximum Gasteiger partial charge on any atom is 0.322 e. The smallest absolute Gasteiger partial charge is 0.322 e. The molecule has 0 bridgehead atoms. The highest BCUT2D eigenvalue weighted by Gasteiger charge is 2.70. The number of carbonyl (C=O) groups excluding carboxylic acids is 2. The van der Waals surface area contributed by atoms with E-state index in [-0.39, 0.29) is 35.1 Å². The van der Waals surface area contributed by atoms with Gasteiger partial charge < -0.3 is 25.5 Å². The third-order valence-electron chi connectivity index (χ3n) is 8.24. The van der Waals surface area contributed by atoms with Gasteiger partial charge in [0, 0.05) is 17.9 Å². The quantitative estimate of drug-likeness (QED) is 0.539. The molecule has 172 valence electrons. The van der Waals surface area contributed by atoms with Gasteiger partial charge in [-0.25, -0.2) is 0 Å². The summed E-state index contributed by atoms with van der Waals surface area (Å²) in [4.78, 5) is 38.6. The van der Waals surface area contributed by atoms with Crippen LogP contribution in [-0.4, -0.2) is 56.8 Å². The number of hydrogen-bond donors (Lipinski definition) is 4. The Hall–Kier alpha value is -2.09. The number of aliphatic carboxylic acids is 1. The summed E-state index contributed by atoms with van der Waals surface area (Å²) in [7, 11) is 0. The molecule has 8 heteroatoms. The predicted molar refractivity (Wildman–Crippen MR) is 112 cm³/mol. The third kappa shape index (κ3) is 3.83. The van der Waals surface area contributed by atoms with Crippen LogP contribution in [0.4, 0.5) is 0 Å². The molecule has 3 aliphatic carbocycles. The minimum Gasteiger partial charge on any atom is -0.511 e. The zero-order valence-electron chi connectivity index (χ0n) is 18.1. The van der Waals surface area contributed by atoms with Crippen molar-refractivity contribution >= 4 is 17.8 Å². The summed E-state index contributed by atoms with van der Waals surface area (Å²) in [6, 6.07) is -0.178. The fraction of sp³-hybridized carbons (Fsp3) is 0.783. The van der Waals surface area contributed by atoms with Crippen LogP contribution in [0.15, 0.2) is 11.3 Å². The molecule has 0 aromatic heterocycles. The number of nitrogens with one attached hydrogen (secondary N) is 1. The van der Waals surface area contributed by atoms with E-state index in [2.05, 4.69) is 5.32 Å². The summed E-state index contributed by atoms with van der Waals surface area (Å²) >= 11 is 0. The number of hydrogen-bond acceptors (Lipinski definition) is 5. The van der Waals surface area contributed by atoms with Crippen molar-refractivity contribution < 1.29 is 29.7 Å². The van der Waals surface area contributed by atoms with Crippen LogP contribution >= 0.6 is 0 Å². The molecule has 4 aliphatic rings. The second-order valence-electron chi connectivity index (χ2n) is 9.91. The summed E-state index contributed by atoms with van der Waals surface area (Å²) in [5, 5.41) is 34.0. The van der Waals surface area contributed by atoms with E-state index in [0.29, 0.717) is 12.8 Å². The molecule has 2 amide bonds. The number of aliphatic hydroxyl groups excluding tert-OH is 2. The molecule has 8 nitrogen and oxygen atoms in total. The number of carboxylic acid groups (broad SMARTS) is 1. The van der Waals surface area contributed by atoms with E-state index in [1.165, 1.54) is 4.90 Å². The molecule has 0 aromatic rings. The normalized spacial score (nSPS) is 33.8. The molecule has 1 aliphatic heterocycles. The summed E-state index contributed by atoms with van der Waals surface area (Å²) in [5.74, 6) is -2.33. The first-order valence-electron chi connectivity index (χ1n) is 11.7. The first-order valence-corrected chi connectivity index (χ1v) is 11.7. The number of carboxylic acids is 1. The van der Waals surface area contributed by atoms with E-state index in [9.17, 15) is 24.6 Å². The highest BCUT2D eigenvalue weighted by Crippen LogP contribution is 2.75. The molecule has 0 aromatic carbocycles. The molecule has 2 spiro atoms. The molecule has 3 saturated carbocycles. The van der Waals surface area contributed by atoms with E-state index in [4.69, 9.17) is 5.11 Å². The minimum atomic E-state index is -1.57. The van der Waals surface area contributed by atoms with E-state index in [1.807, 2.05) is 0 Å². The Kier molecular flexibility index (Phi) is 6.03. The van der Waals surface area contributed by atoms with Crippen molar-refractivity contribution in [1.82, 2.24) is 10.2 Å². The van der Waals surface area contributed by atoms with Gasteiger partial charge in [-0.1, -0.05) is 38.5 Å². The Morgan fingerprint density at radius 3 is 2.32 bits per heavy atom. The zero-order chi connectivity index (χ0) is 22.2. The van der Waals surface area contributed by atoms with Crippen molar-refractivity contribution in [3.63, 3.8) is 0 Å². The Morgan fingerprint density at radius 2 is 1.68 bits per heavy atom. The number of fused-ring (bicyclic) bond motifs is 1. The van der Waals surface area contributed by atoms with Gasteiger partial charge in [0.25, 0.3) is 5.91 Å². The van der Waals surface area contributed by atoms with Crippen LogP contribution in [0.25, 0.3) is 0 Å². The Morgan fingerprint density at radius 1 is 1.03 bits per heavy atom. The Balaban J connectivity index is 1.73. The number of aliphatic hydroxyl groups is 2. The lowest BCUT2D eigenvalue weighted by molar-refractivity contribution is -0.147. The van der Waals surface area contributed by atoms with Crippen LogP contribution in [-0.2, 0) is 14.4 Å². The van der Waals surface area contributed by atoms with Gasteiger partial charge in [0.1, 0.15) is 17.9 Å². The third-order valence-corrected chi connectivity index (χ3v) is 8.24. The molecule has 3 fully saturated rings. The highest BCUT2D eigenvalue weighted by molar-refractivity contribution is 5.97. The number of allylic oxidation sites excluding steroid dienone is 1. The molecular formula is C23H34N2O6. The van der Waals surface area contributed by atoms with E-state index in [0.717, 1.165) is 64.2 Å². The molecular weight excluding hydrogens is 400 g/mol. The second kappa shape index (κ2) is 8.45. The van der Waals surface area contributed by atoms with Crippen LogP contribution in [0.1, 0.15) is 83.5 Å². The van der Waals surface area contributed by atoms with Crippen molar-refractivity contribution in [2.24, 2.45) is 10.8 Å². The molecule has 1 heterocycles. The number of rotatable bonds is 4. The maximum absolute atomic E-state index is 13.2. The average molecular weight is 435 g/mol. The average Bonchev–Trinajstić information content (AvgIpc) is 3.38. The lowest BCUT2D eigenvalue weighted by atomic mass is 9.75. The van der Waals surface area contributed by atoms with Crippen LogP contribution in [0, 0.1) is 10.8 Å². The highest BCUT2D eigenvalue weighted by atomic mass is 16.4. The van der Waals surface area contributed by atoms with Gasteiger partial charge in [-0.2, -0.15) is 0 Å². The van der Waals surface area contributed by atoms with Gasteiger partial charge in [-0.05, 0) is 43.9 Å². The van der Waals surface area contributed by atoms with Crippen molar-refractivity contribution in [3.8, 4) is 0 Å². The fourth-order valence-electron chi connectivity index (χ4n) is 6.57. The number of carbonyl (C=O) groups is 3. The van der Waals surface area contributed by atoms with Gasteiger partial charge in [0.15, 0.2) is 6.23 Å². The molecule has 2 atom stereocenters. The summed E-state index contributed by atoms with van der Waals surface area (Å²) in [5.41, 5.74) is -1.03. The van der Waals surface area contributed by atoms with Crippen molar-refractivity contribution in [2.45, 2.75) is 95.7 Å². The largest absolute Gasteiger partial charge is 0.511 e. The lowest BCUT2D eigenvalue weighted by Crippen LogP contribution is -2.53. The number of nitrogens with zero attached hydrogens (tertiary/aromatic N) is 1. The van der Waals surface area contributed by atoms with Gasteiger partial charge in [0.2, 0.25) is 5.91 Å². The SMILES string of the molecule is O=C(O)CNC(=O)/C1=C(\O)C2(CCC(=O)N(C3CCCCC3)C1O)CC21CCCCC1. The minimum absolute atomic E-state index is 0.124. The summed E-state index contributed by atoms with van der Waals surface area (Å²) < 4.78 is 0. The second-order valence-corrected chi connectivity index (χ2v) is 9.91. The maximum atomic E-state index is 13.2. The summed E-state index contributed by atoms with van der Waals surface area (Å²) in [6.07, 6.45) is 9.47. The molecule has 2 unspecified atom stereocenters. The topological polar surface area (TPSA) is 127 Å². The van der Waals surface area contributed by atoms with E-state index >= 15 is 0 Å².